The lowest BCUT2D eigenvalue weighted by Gasteiger charge is -2.20. The Morgan fingerprint density at radius 2 is 1.91 bits per heavy atom. The number of ether oxygens (including phenoxy) is 2. The van der Waals surface area contributed by atoms with E-state index in [1.165, 1.54) is 14.2 Å². The maximum atomic E-state index is 12.4. The van der Waals surface area contributed by atoms with Crippen LogP contribution in [0, 0.1) is 11.3 Å². The molecule has 2 atom stereocenters. The summed E-state index contributed by atoms with van der Waals surface area (Å²) in [4.78, 5) is 24.2. The average molecular weight is 318 g/mol. The predicted octanol–water partition coefficient (Wildman–Crippen LogP) is 2.12. The normalized spacial score (nSPS) is 12.7. The highest BCUT2D eigenvalue weighted by molar-refractivity contribution is 5.87. The van der Waals surface area contributed by atoms with Gasteiger partial charge >= 0.3 is 5.97 Å². The van der Waals surface area contributed by atoms with Crippen molar-refractivity contribution in [3.8, 4) is 6.07 Å². The minimum Gasteiger partial charge on any atom is -0.467 e. The van der Waals surface area contributed by atoms with Crippen molar-refractivity contribution < 1.29 is 19.1 Å². The van der Waals surface area contributed by atoms with Crippen LogP contribution in [0.2, 0.25) is 0 Å². The van der Waals surface area contributed by atoms with Crippen LogP contribution in [0.4, 0.5) is 0 Å². The number of esters is 1. The molecule has 1 aromatic carbocycles. The molecule has 124 valence electrons. The Kier molecular flexibility index (Phi) is 8.40. The van der Waals surface area contributed by atoms with E-state index in [-0.39, 0.29) is 0 Å². The zero-order chi connectivity index (χ0) is 17.1. The fraction of sp³-hybridized carbons (Fsp3) is 0.471. The number of nitrogens with one attached hydrogen (secondary N) is 1. The fourth-order valence-corrected chi connectivity index (χ4v) is 2.21. The quantitative estimate of drug-likeness (QED) is 0.556. The van der Waals surface area contributed by atoms with Crippen molar-refractivity contribution in [2.45, 2.75) is 37.8 Å². The van der Waals surface area contributed by atoms with Crippen LogP contribution in [-0.4, -0.2) is 32.1 Å². The van der Waals surface area contributed by atoms with Crippen LogP contribution in [0.25, 0.3) is 0 Å². The lowest BCUT2D eigenvalue weighted by Crippen LogP contribution is -2.44. The molecule has 0 saturated heterocycles. The lowest BCUT2D eigenvalue weighted by atomic mass is 10.1. The number of hydrogen-bond donors (Lipinski definition) is 1. The molecule has 1 aromatic rings. The molecule has 0 spiro atoms. The van der Waals surface area contributed by atoms with Crippen LogP contribution >= 0.6 is 0 Å². The summed E-state index contributed by atoms with van der Waals surface area (Å²) in [5.74, 6) is -0.896. The number of hydrogen-bond acceptors (Lipinski definition) is 5. The molecule has 0 saturated carbocycles. The van der Waals surface area contributed by atoms with Crippen molar-refractivity contribution >= 4 is 11.9 Å². The summed E-state index contributed by atoms with van der Waals surface area (Å²) in [6.07, 6.45) is 1.38. The van der Waals surface area contributed by atoms with Gasteiger partial charge in [0.2, 0.25) is 0 Å². The SMILES string of the molecule is COC(=O)[C@H](CCCCC#N)NC(=O)[C@@H](OC)c1ccccc1. The highest BCUT2D eigenvalue weighted by Gasteiger charge is 2.26. The van der Waals surface area contributed by atoms with Gasteiger partial charge in [0.1, 0.15) is 6.04 Å². The topological polar surface area (TPSA) is 88.4 Å². The van der Waals surface area contributed by atoms with Crippen molar-refractivity contribution in [2.24, 2.45) is 0 Å². The van der Waals surface area contributed by atoms with Gasteiger partial charge in [-0.1, -0.05) is 30.3 Å². The second-order valence-electron chi connectivity index (χ2n) is 5.01. The first-order chi connectivity index (χ1) is 11.1. The van der Waals surface area contributed by atoms with E-state index in [1.807, 2.05) is 18.2 Å². The number of carbonyl (C=O) groups is 2. The van der Waals surface area contributed by atoms with Gasteiger partial charge in [0, 0.05) is 13.5 Å². The molecule has 1 N–H and O–H groups in total. The summed E-state index contributed by atoms with van der Waals surface area (Å²) in [6, 6.07) is 10.4. The summed E-state index contributed by atoms with van der Waals surface area (Å²) in [5.41, 5.74) is 0.709. The van der Waals surface area contributed by atoms with E-state index in [0.29, 0.717) is 31.2 Å². The van der Waals surface area contributed by atoms with Crippen molar-refractivity contribution in [3.05, 3.63) is 35.9 Å². The number of amides is 1. The fourth-order valence-electron chi connectivity index (χ4n) is 2.21. The summed E-state index contributed by atoms with van der Waals surface area (Å²) >= 11 is 0. The van der Waals surface area contributed by atoms with Gasteiger partial charge in [-0.2, -0.15) is 5.26 Å². The highest BCUT2D eigenvalue weighted by atomic mass is 16.5. The van der Waals surface area contributed by atoms with E-state index in [4.69, 9.17) is 14.7 Å². The number of nitriles is 1. The number of nitrogens with zero attached hydrogens (tertiary/aromatic N) is 1. The Balaban J connectivity index is 2.71. The predicted molar refractivity (Wildman–Crippen MR) is 84.2 cm³/mol. The number of benzene rings is 1. The highest BCUT2D eigenvalue weighted by Crippen LogP contribution is 2.17. The standard InChI is InChI=1S/C17H22N2O4/c1-22-15(13-9-5-3-6-10-13)16(20)19-14(17(21)23-2)11-7-4-8-12-18/h3,5-6,9-10,14-15H,4,7-8,11H2,1-2H3,(H,19,20)/t14-,15-/m0/s1. The van der Waals surface area contributed by atoms with Crippen molar-refractivity contribution in [3.63, 3.8) is 0 Å². The molecule has 0 unspecified atom stereocenters. The Hall–Kier alpha value is -2.39. The Morgan fingerprint density at radius 3 is 2.48 bits per heavy atom. The van der Waals surface area contributed by atoms with E-state index in [0.717, 1.165) is 0 Å². The van der Waals surface area contributed by atoms with Gasteiger partial charge in [-0.05, 0) is 24.8 Å². The summed E-state index contributed by atoms with van der Waals surface area (Å²) in [5, 5.41) is 11.2. The average Bonchev–Trinajstić information content (AvgIpc) is 2.58. The molecule has 0 heterocycles. The summed E-state index contributed by atoms with van der Waals surface area (Å²) in [6.45, 7) is 0. The minimum absolute atomic E-state index is 0.394. The van der Waals surface area contributed by atoms with E-state index >= 15 is 0 Å². The van der Waals surface area contributed by atoms with Crippen LogP contribution in [-0.2, 0) is 19.1 Å². The smallest absolute Gasteiger partial charge is 0.328 e. The molecular weight excluding hydrogens is 296 g/mol. The number of carbonyl (C=O) groups excluding carboxylic acids is 2. The minimum atomic E-state index is -0.789. The molecule has 0 radical (unpaired) electrons. The lowest BCUT2D eigenvalue weighted by molar-refractivity contribution is -0.147. The molecule has 1 amide bonds. The Labute approximate surface area is 136 Å². The van der Waals surface area contributed by atoms with Crippen molar-refractivity contribution in [2.75, 3.05) is 14.2 Å². The largest absolute Gasteiger partial charge is 0.467 e. The third-order valence-corrected chi connectivity index (χ3v) is 3.41. The molecule has 0 fully saturated rings. The second-order valence-corrected chi connectivity index (χ2v) is 5.01. The molecule has 0 aliphatic carbocycles. The van der Waals surface area contributed by atoms with E-state index in [9.17, 15) is 9.59 Å². The van der Waals surface area contributed by atoms with Crippen LogP contribution in [0.3, 0.4) is 0 Å². The van der Waals surface area contributed by atoms with E-state index in [1.54, 1.807) is 12.1 Å². The molecule has 0 aliphatic heterocycles. The van der Waals surface area contributed by atoms with Crippen LogP contribution in [0.5, 0.6) is 0 Å². The first-order valence-electron chi connectivity index (χ1n) is 7.47. The molecular formula is C17H22N2O4. The van der Waals surface area contributed by atoms with Gasteiger partial charge < -0.3 is 14.8 Å². The van der Waals surface area contributed by atoms with Crippen molar-refractivity contribution in [1.29, 1.82) is 5.26 Å². The molecule has 0 aromatic heterocycles. The number of rotatable bonds is 9. The monoisotopic (exact) mass is 318 g/mol. The Bertz CT molecular complexity index is 539. The molecule has 0 bridgehead atoms. The molecule has 6 heteroatoms. The Morgan fingerprint density at radius 1 is 1.22 bits per heavy atom. The van der Waals surface area contributed by atoms with E-state index < -0.39 is 24.0 Å². The van der Waals surface area contributed by atoms with Crippen LogP contribution in [0.15, 0.2) is 30.3 Å². The number of methoxy groups -OCH3 is 2. The zero-order valence-corrected chi connectivity index (χ0v) is 13.5. The first kappa shape index (κ1) is 18.7. The zero-order valence-electron chi connectivity index (χ0n) is 13.5. The summed E-state index contributed by atoms with van der Waals surface area (Å²) in [7, 11) is 2.72. The third-order valence-electron chi connectivity index (χ3n) is 3.41. The van der Waals surface area contributed by atoms with Gasteiger partial charge in [-0.3, -0.25) is 4.79 Å². The van der Waals surface area contributed by atoms with Gasteiger partial charge in [0.25, 0.3) is 5.91 Å². The maximum Gasteiger partial charge on any atom is 0.328 e. The molecule has 0 aliphatic rings. The van der Waals surface area contributed by atoms with E-state index in [2.05, 4.69) is 11.4 Å². The summed E-state index contributed by atoms with van der Waals surface area (Å²) < 4.78 is 9.98. The van der Waals surface area contributed by atoms with Gasteiger partial charge in [0.15, 0.2) is 6.10 Å². The maximum absolute atomic E-state index is 12.4. The van der Waals surface area contributed by atoms with Crippen LogP contribution in [0.1, 0.15) is 37.4 Å². The third kappa shape index (κ3) is 6.09. The van der Waals surface area contributed by atoms with Gasteiger partial charge in [-0.15, -0.1) is 0 Å². The molecule has 6 nitrogen and oxygen atoms in total. The van der Waals surface area contributed by atoms with Gasteiger partial charge in [-0.25, -0.2) is 4.79 Å². The van der Waals surface area contributed by atoms with Gasteiger partial charge in [0.05, 0.1) is 13.2 Å². The molecule has 1 rings (SSSR count). The number of unbranched alkanes of at least 4 members (excludes halogenated alkanes) is 2. The second kappa shape index (κ2) is 10.4. The first-order valence-corrected chi connectivity index (χ1v) is 7.47. The molecule has 23 heavy (non-hydrogen) atoms. The van der Waals surface area contributed by atoms with Crippen molar-refractivity contribution in [1.82, 2.24) is 5.32 Å². The van der Waals surface area contributed by atoms with Crippen LogP contribution < -0.4 is 5.32 Å².